The third-order valence-corrected chi connectivity index (χ3v) is 3.96. The van der Waals surface area contributed by atoms with Gasteiger partial charge in [0, 0.05) is 12.2 Å². The molecular formula is C16H22N2O3. The van der Waals surface area contributed by atoms with Crippen LogP contribution in [-0.4, -0.2) is 30.2 Å². The van der Waals surface area contributed by atoms with Gasteiger partial charge in [0.1, 0.15) is 6.54 Å². The van der Waals surface area contributed by atoms with E-state index in [0.29, 0.717) is 12.2 Å². The topological polar surface area (TPSA) is 69.6 Å². The number of rotatable bonds is 7. The molecule has 5 nitrogen and oxygen atoms in total. The van der Waals surface area contributed by atoms with E-state index in [1.54, 1.807) is 24.3 Å². The van der Waals surface area contributed by atoms with Crippen molar-refractivity contribution in [2.24, 2.45) is 5.41 Å². The van der Waals surface area contributed by atoms with Crippen molar-refractivity contribution in [1.82, 2.24) is 5.32 Å². The number of nitrogens with zero attached hydrogens (tertiary/aromatic N) is 1. The van der Waals surface area contributed by atoms with E-state index in [4.69, 9.17) is 5.11 Å². The third-order valence-electron chi connectivity index (χ3n) is 3.96. The Labute approximate surface area is 125 Å². The number of hydrogen-bond acceptors (Lipinski definition) is 2. The molecule has 1 aliphatic carbocycles. The van der Waals surface area contributed by atoms with Crippen LogP contribution in [0.4, 0.5) is 10.5 Å². The number of hydrogen-bond donors (Lipinski definition) is 2. The fourth-order valence-corrected chi connectivity index (χ4v) is 2.60. The predicted molar refractivity (Wildman–Crippen MR) is 81.4 cm³/mol. The average Bonchev–Trinajstić information content (AvgIpc) is 3.23. The summed E-state index contributed by atoms with van der Waals surface area (Å²) in [5.74, 6) is -1.02. The number of nitrogens with one attached hydrogen (secondary N) is 1. The lowest BCUT2D eigenvalue weighted by Gasteiger charge is -2.23. The van der Waals surface area contributed by atoms with E-state index in [2.05, 4.69) is 12.2 Å². The van der Waals surface area contributed by atoms with Crippen molar-refractivity contribution in [1.29, 1.82) is 0 Å². The largest absolute Gasteiger partial charge is 0.480 e. The van der Waals surface area contributed by atoms with Crippen molar-refractivity contribution in [3.8, 4) is 0 Å². The van der Waals surface area contributed by atoms with E-state index >= 15 is 0 Å². The minimum Gasteiger partial charge on any atom is -0.480 e. The number of anilines is 1. The molecule has 0 heterocycles. The number of para-hydroxylation sites is 1. The van der Waals surface area contributed by atoms with Crippen molar-refractivity contribution in [3.63, 3.8) is 0 Å². The van der Waals surface area contributed by atoms with Crippen LogP contribution in [0.5, 0.6) is 0 Å². The van der Waals surface area contributed by atoms with Gasteiger partial charge in [-0.25, -0.2) is 4.79 Å². The van der Waals surface area contributed by atoms with E-state index in [-0.39, 0.29) is 18.0 Å². The van der Waals surface area contributed by atoms with Gasteiger partial charge in [-0.3, -0.25) is 9.69 Å². The molecule has 5 heteroatoms. The maximum Gasteiger partial charge on any atom is 0.323 e. The number of carboxylic acids is 1. The predicted octanol–water partition coefficient (Wildman–Crippen LogP) is 2.87. The monoisotopic (exact) mass is 290 g/mol. The maximum atomic E-state index is 12.3. The van der Waals surface area contributed by atoms with Gasteiger partial charge in [-0.1, -0.05) is 31.5 Å². The molecule has 2 amide bonds. The molecule has 1 saturated carbocycles. The zero-order chi connectivity index (χ0) is 15.3. The van der Waals surface area contributed by atoms with Crippen molar-refractivity contribution < 1.29 is 14.7 Å². The van der Waals surface area contributed by atoms with E-state index in [0.717, 1.165) is 25.7 Å². The van der Waals surface area contributed by atoms with Crippen LogP contribution in [0.25, 0.3) is 0 Å². The van der Waals surface area contributed by atoms with Crippen molar-refractivity contribution in [2.45, 2.75) is 32.6 Å². The molecule has 1 aromatic rings. The molecule has 1 fully saturated rings. The van der Waals surface area contributed by atoms with Gasteiger partial charge in [-0.05, 0) is 36.8 Å². The van der Waals surface area contributed by atoms with Gasteiger partial charge in [-0.2, -0.15) is 0 Å². The van der Waals surface area contributed by atoms with E-state index in [9.17, 15) is 9.59 Å². The maximum absolute atomic E-state index is 12.3. The highest BCUT2D eigenvalue weighted by atomic mass is 16.4. The summed E-state index contributed by atoms with van der Waals surface area (Å²) in [6, 6.07) is 8.54. The number of carbonyl (C=O) groups excluding carboxylic acids is 1. The summed E-state index contributed by atoms with van der Waals surface area (Å²) in [6.07, 6.45) is 4.50. The van der Waals surface area contributed by atoms with Gasteiger partial charge in [-0.15, -0.1) is 0 Å². The first kappa shape index (κ1) is 15.4. The summed E-state index contributed by atoms with van der Waals surface area (Å²) in [4.78, 5) is 24.6. The molecule has 1 aromatic carbocycles. The van der Waals surface area contributed by atoms with Crippen LogP contribution in [0, 0.1) is 5.41 Å². The number of aliphatic carboxylic acids is 1. The van der Waals surface area contributed by atoms with Gasteiger partial charge in [0.05, 0.1) is 0 Å². The quantitative estimate of drug-likeness (QED) is 0.811. The first-order chi connectivity index (χ1) is 10.1. The molecule has 0 aromatic heterocycles. The smallest absolute Gasteiger partial charge is 0.323 e. The molecule has 0 atom stereocenters. The molecule has 0 saturated heterocycles. The van der Waals surface area contributed by atoms with Crippen LogP contribution in [0.3, 0.4) is 0 Å². The Hall–Kier alpha value is -2.04. The molecule has 0 unspecified atom stereocenters. The Balaban J connectivity index is 2.00. The minimum atomic E-state index is -1.02. The molecule has 2 N–H and O–H groups in total. The van der Waals surface area contributed by atoms with Gasteiger partial charge in [0.25, 0.3) is 0 Å². The second kappa shape index (κ2) is 6.61. The van der Waals surface area contributed by atoms with Gasteiger partial charge >= 0.3 is 12.0 Å². The molecule has 21 heavy (non-hydrogen) atoms. The third kappa shape index (κ3) is 4.21. The minimum absolute atomic E-state index is 0.246. The second-order valence-corrected chi connectivity index (χ2v) is 5.72. The molecular weight excluding hydrogens is 268 g/mol. The lowest BCUT2D eigenvalue weighted by Crippen LogP contribution is -2.44. The van der Waals surface area contributed by atoms with Crippen molar-refractivity contribution >= 4 is 17.7 Å². The van der Waals surface area contributed by atoms with E-state index < -0.39 is 5.97 Å². The normalized spacial score (nSPS) is 15.3. The van der Waals surface area contributed by atoms with Crippen molar-refractivity contribution in [2.75, 3.05) is 18.0 Å². The molecule has 2 rings (SSSR count). The average molecular weight is 290 g/mol. The molecule has 0 radical (unpaired) electrons. The highest BCUT2D eigenvalue weighted by Crippen LogP contribution is 2.48. The lowest BCUT2D eigenvalue weighted by atomic mass is 10.0. The standard InChI is InChI=1S/C16H22N2O3/c1-2-8-16(9-10-16)12-17-15(21)18(11-14(19)20)13-6-4-3-5-7-13/h3-7H,2,8-12H2,1H3,(H,17,21)(H,19,20). The summed E-state index contributed by atoms with van der Waals surface area (Å²) in [5, 5.41) is 11.9. The number of urea groups is 1. The number of amides is 2. The van der Waals surface area contributed by atoms with Crippen molar-refractivity contribution in [3.05, 3.63) is 30.3 Å². The summed E-state index contributed by atoms with van der Waals surface area (Å²) in [5.41, 5.74) is 0.841. The zero-order valence-corrected chi connectivity index (χ0v) is 12.3. The van der Waals surface area contributed by atoms with Crippen LogP contribution in [0.15, 0.2) is 30.3 Å². The molecule has 0 aliphatic heterocycles. The highest BCUT2D eigenvalue weighted by Gasteiger charge is 2.41. The summed E-state index contributed by atoms with van der Waals surface area (Å²) < 4.78 is 0. The first-order valence-corrected chi connectivity index (χ1v) is 7.38. The van der Waals surface area contributed by atoms with Gasteiger partial charge in [0.15, 0.2) is 0 Å². The number of carbonyl (C=O) groups is 2. The fraction of sp³-hybridized carbons (Fsp3) is 0.500. The number of carboxylic acid groups (broad SMARTS) is 1. The number of benzene rings is 1. The lowest BCUT2D eigenvalue weighted by molar-refractivity contribution is -0.135. The summed E-state index contributed by atoms with van der Waals surface area (Å²) in [7, 11) is 0. The van der Waals surface area contributed by atoms with Crippen LogP contribution in [-0.2, 0) is 4.79 Å². The van der Waals surface area contributed by atoms with E-state index in [1.807, 2.05) is 6.07 Å². The van der Waals surface area contributed by atoms with Crippen LogP contribution in [0.1, 0.15) is 32.6 Å². The Bertz CT molecular complexity index is 498. The molecule has 114 valence electrons. The molecule has 0 spiro atoms. The molecule has 1 aliphatic rings. The Kier molecular flexibility index (Phi) is 4.83. The van der Waals surface area contributed by atoms with Gasteiger partial charge in [0.2, 0.25) is 0 Å². The Morgan fingerprint density at radius 3 is 2.48 bits per heavy atom. The zero-order valence-electron chi connectivity index (χ0n) is 12.3. The highest BCUT2D eigenvalue weighted by molar-refractivity contribution is 5.96. The Morgan fingerprint density at radius 2 is 1.95 bits per heavy atom. The summed E-state index contributed by atoms with van der Waals surface area (Å²) >= 11 is 0. The van der Waals surface area contributed by atoms with Crippen LogP contribution < -0.4 is 10.2 Å². The fourth-order valence-electron chi connectivity index (χ4n) is 2.60. The second-order valence-electron chi connectivity index (χ2n) is 5.72. The Morgan fingerprint density at radius 1 is 1.29 bits per heavy atom. The molecule has 0 bridgehead atoms. The van der Waals surface area contributed by atoms with E-state index in [1.165, 1.54) is 4.90 Å². The van der Waals surface area contributed by atoms with Crippen LogP contribution in [0.2, 0.25) is 0 Å². The van der Waals surface area contributed by atoms with Crippen LogP contribution >= 0.6 is 0 Å². The van der Waals surface area contributed by atoms with Gasteiger partial charge < -0.3 is 10.4 Å². The SMILES string of the molecule is CCCC1(CNC(=O)N(CC(=O)O)c2ccccc2)CC1. The first-order valence-electron chi connectivity index (χ1n) is 7.38. The summed E-state index contributed by atoms with van der Waals surface area (Å²) in [6.45, 7) is 2.43.